The molecule has 0 unspecified atom stereocenters. The lowest BCUT2D eigenvalue weighted by Gasteiger charge is -2.03. The molecule has 0 fully saturated rings. The Hall–Kier alpha value is -2.15. The second-order valence-electron chi connectivity index (χ2n) is 3.92. The third-order valence-electron chi connectivity index (χ3n) is 2.42. The van der Waals surface area contributed by atoms with Crippen molar-refractivity contribution < 1.29 is 4.79 Å². The molecule has 0 radical (unpaired) electrons. The third kappa shape index (κ3) is 1.57. The van der Waals surface area contributed by atoms with Crippen LogP contribution in [0.25, 0.3) is 5.65 Å². The summed E-state index contributed by atoms with van der Waals surface area (Å²) < 4.78 is 1.71. The van der Waals surface area contributed by atoms with Crippen LogP contribution in [0.15, 0.2) is 24.5 Å². The Morgan fingerprint density at radius 2 is 2.31 bits per heavy atom. The second-order valence-corrected chi connectivity index (χ2v) is 3.92. The summed E-state index contributed by atoms with van der Waals surface area (Å²) in [5, 5.41) is 8.75. The van der Waals surface area contributed by atoms with Crippen molar-refractivity contribution in [1.82, 2.24) is 9.38 Å². The van der Waals surface area contributed by atoms with Crippen LogP contribution in [0.5, 0.6) is 0 Å². The SMILES string of the molecule is CC(C)C(=O)c1cnc2cc(C#N)ccn12. The summed E-state index contributed by atoms with van der Waals surface area (Å²) in [6, 6.07) is 5.38. The molecule has 0 amide bonds. The minimum absolute atomic E-state index is 0.0530. The van der Waals surface area contributed by atoms with Gasteiger partial charge in [-0.3, -0.25) is 9.20 Å². The normalized spacial score (nSPS) is 10.6. The highest BCUT2D eigenvalue weighted by Crippen LogP contribution is 2.12. The maximum Gasteiger partial charge on any atom is 0.183 e. The lowest BCUT2D eigenvalue weighted by Crippen LogP contribution is -2.10. The van der Waals surface area contributed by atoms with Crippen molar-refractivity contribution in [2.45, 2.75) is 13.8 Å². The lowest BCUT2D eigenvalue weighted by atomic mass is 10.1. The van der Waals surface area contributed by atoms with E-state index < -0.39 is 0 Å². The lowest BCUT2D eigenvalue weighted by molar-refractivity contribution is 0.0933. The highest BCUT2D eigenvalue weighted by molar-refractivity contribution is 5.96. The largest absolute Gasteiger partial charge is 0.297 e. The van der Waals surface area contributed by atoms with Crippen molar-refractivity contribution in [3.63, 3.8) is 0 Å². The van der Waals surface area contributed by atoms with Gasteiger partial charge < -0.3 is 0 Å². The van der Waals surface area contributed by atoms with Crippen LogP contribution >= 0.6 is 0 Å². The van der Waals surface area contributed by atoms with E-state index in [4.69, 9.17) is 5.26 Å². The number of imidazole rings is 1. The molecule has 0 aliphatic rings. The van der Waals surface area contributed by atoms with Gasteiger partial charge in [-0.2, -0.15) is 5.26 Å². The first-order chi connectivity index (χ1) is 7.63. The van der Waals surface area contributed by atoms with Crippen molar-refractivity contribution in [3.8, 4) is 6.07 Å². The highest BCUT2D eigenvalue weighted by Gasteiger charge is 2.15. The number of hydrogen-bond donors (Lipinski definition) is 0. The molecule has 0 aliphatic carbocycles. The van der Waals surface area contributed by atoms with Crippen LogP contribution in [-0.2, 0) is 0 Å². The molecule has 2 rings (SSSR count). The van der Waals surface area contributed by atoms with E-state index in [0.29, 0.717) is 16.9 Å². The van der Waals surface area contributed by atoms with Gasteiger partial charge in [0.25, 0.3) is 0 Å². The van der Waals surface area contributed by atoms with Crippen molar-refractivity contribution in [1.29, 1.82) is 5.26 Å². The Balaban J connectivity index is 2.59. The smallest absolute Gasteiger partial charge is 0.183 e. The maximum absolute atomic E-state index is 11.8. The van der Waals surface area contributed by atoms with Crippen LogP contribution < -0.4 is 0 Å². The van der Waals surface area contributed by atoms with Gasteiger partial charge in [0, 0.05) is 12.1 Å². The monoisotopic (exact) mass is 213 g/mol. The van der Waals surface area contributed by atoms with E-state index in [0.717, 1.165) is 0 Å². The van der Waals surface area contributed by atoms with Crippen molar-refractivity contribution in [2.24, 2.45) is 5.92 Å². The number of nitriles is 1. The fraction of sp³-hybridized carbons (Fsp3) is 0.250. The summed E-state index contributed by atoms with van der Waals surface area (Å²) in [6.45, 7) is 3.71. The molecule has 0 atom stereocenters. The summed E-state index contributed by atoms with van der Waals surface area (Å²) in [6.07, 6.45) is 3.26. The van der Waals surface area contributed by atoms with Crippen LogP contribution in [0.1, 0.15) is 29.9 Å². The van der Waals surface area contributed by atoms with E-state index in [-0.39, 0.29) is 11.7 Å². The van der Waals surface area contributed by atoms with Gasteiger partial charge in [-0.1, -0.05) is 13.8 Å². The Bertz CT molecular complexity index is 590. The molecular formula is C12H11N3O. The zero-order valence-electron chi connectivity index (χ0n) is 9.14. The first kappa shape index (κ1) is 10.4. The fourth-order valence-corrected chi connectivity index (χ4v) is 1.53. The number of pyridine rings is 1. The van der Waals surface area contributed by atoms with Gasteiger partial charge >= 0.3 is 0 Å². The molecule has 0 N–H and O–H groups in total. The van der Waals surface area contributed by atoms with Crippen molar-refractivity contribution >= 4 is 11.4 Å². The number of rotatable bonds is 2. The number of ketones is 1. The molecule has 0 aromatic carbocycles. The zero-order chi connectivity index (χ0) is 11.7. The molecule has 4 heteroatoms. The Labute approximate surface area is 93.1 Å². The van der Waals surface area contributed by atoms with Gasteiger partial charge in [0.1, 0.15) is 11.3 Å². The Morgan fingerprint density at radius 1 is 1.56 bits per heavy atom. The van der Waals surface area contributed by atoms with Crippen LogP contribution in [0.2, 0.25) is 0 Å². The standard InChI is InChI=1S/C12H11N3O/c1-8(2)12(16)10-7-14-11-5-9(6-13)3-4-15(10)11/h3-5,7-8H,1-2H3. The van der Waals surface area contributed by atoms with Gasteiger partial charge in [-0.05, 0) is 12.1 Å². The summed E-state index contributed by atoms with van der Waals surface area (Å²) >= 11 is 0. The average Bonchev–Trinajstić information content (AvgIpc) is 2.70. The van der Waals surface area contributed by atoms with Gasteiger partial charge in [-0.25, -0.2) is 4.98 Å². The molecule has 2 aromatic heterocycles. The molecule has 0 spiro atoms. The van der Waals surface area contributed by atoms with E-state index >= 15 is 0 Å². The van der Waals surface area contributed by atoms with Crippen LogP contribution in [0.3, 0.4) is 0 Å². The third-order valence-corrected chi connectivity index (χ3v) is 2.42. The van der Waals surface area contributed by atoms with Gasteiger partial charge in [0.05, 0.1) is 17.8 Å². The van der Waals surface area contributed by atoms with Crippen molar-refractivity contribution in [2.75, 3.05) is 0 Å². The molecule has 0 saturated heterocycles. The molecule has 2 heterocycles. The Morgan fingerprint density at radius 3 is 2.94 bits per heavy atom. The van der Waals surface area contributed by atoms with E-state index in [1.54, 1.807) is 28.9 Å². The second kappa shape index (κ2) is 3.78. The summed E-state index contributed by atoms with van der Waals surface area (Å²) in [7, 11) is 0. The van der Waals surface area contributed by atoms with E-state index in [1.807, 2.05) is 19.9 Å². The van der Waals surface area contributed by atoms with Crippen LogP contribution in [0.4, 0.5) is 0 Å². The number of hydrogen-bond acceptors (Lipinski definition) is 3. The van der Waals surface area contributed by atoms with E-state index in [1.165, 1.54) is 0 Å². The average molecular weight is 213 g/mol. The summed E-state index contributed by atoms with van der Waals surface area (Å²) in [5.74, 6) is -0.00671. The number of aromatic nitrogens is 2. The predicted molar refractivity (Wildman–Crippen MR) is 59.1 cm³/mol. The van der Waals surface area contributed by atoms with E-state index in [9.17, 15) is 4.79 Å². The number of fused-ring (bicyclic) bond motifs is 1. The molecule has 16 heavy (non-hydrogen) atoms. The van der Waals surface area contributed by atoms with Crippen LogP contribution in [-0.4, -0.2) is 15.2 Å². The number of carbonyl (C=O) groups is 1. The van der Waals surface area contributed by atoms with Gasteiger partial charge in [0.15, 0.2) is 5.78 Å². The summed E-state index contributed by atoms with van der Waals surface area (Å²) in [4.78, 5) is 16.0. The number of carbonyl (C=O) groups excluding carboxylic acids is 1. The maximum atomic E-state index is 11.8. The summed E-state index contributed by atoms with van der Waals surface area (Å²) in [5.41, 5.74) is 1.74. The number of Topliss-reactive ketones (excluding diaryl/α,β-unsaturated/α-hetero) is 1. The molecule has 4 nitrogen and oxygen atoms in total. The first-order valence-corrected chi connectivity index (χ1v) is 5.05. The molecule has 0 aliphatic heterocycles. The minimum Gasteiger partial charge on any atom is -0.297 e. The Kier molecular flexibility index (Phi) is 2.45. The highest BCUT2D eigenvalue weighted by atomic mass is 16.1. The van der Waals surface area contributed by atoms with Gasteiger partial charge in [0.2, 0.25) is 0 Å². The van der Waals surface area contributed by atoms with E-state index in [2.05, 4.69) is 4.98 Å². The van der Waals surface area contributed by atoms with Crippen LogP contribution in [0, 0.1) is 17.2 Å². The minimum atomic E-state index is -0.0597. The molecular weight excluding hydrogens is 202 g/mol. The van der Waals surface area contributed by atoms with Gasteiger partial charge in [-0.15, -0.1) is 0 Å². The molecule has 80 valence electrons. The molecule has 0 bridgehead atoms. The zero-order valence-corrected chi connectivity index (χ0v) is 9.14. The molecule has 0 saturated carbocycles. The quantitative estimate of drug-likeness (QED) is 0.717. The number of nitrogens with zero attached hydrogens (tertiary/aromatic N) is 3. The topological polar surface area (TPSA) is 58.2 Å². The van der Waals surface area contributed by atoms with Crippen molar-refractivity contribution in [3.05, 3.63) is 35.8 Å². The molecule has 2 aromatic rings. The predicted octanol–water partition coefficient (Wildman–Crippen LogP) is 2.04. The first-order valence-electron chi connectivity index (χ1n) is 5.05. The fourth-order valence-electron chi connectivity index (χ4n) is 1.53.